The quantitative estimate of drug-likeness (QED) is 0.680. The SMILES string of the molecule is COc1cc([N+](=O)[O-])ccc1-n1nc(N)c2c1CCC2. The number of nitro groups is 1. The highest BCUT2D eigenvalue weighted by Gasteiger charge is 2.24. The molecule has 7 nitrogen and oxygen atoms in total. The Morgan fingerprint density at radius 2 is 2.25 bits per heavy atom. The fourth-order valence-corrected chi connectivity index (χ4v) is 2.62. The van der Waals surface area contributed by atoms with Crippen LogP contribution in [0.15, 0.2) is 18.2 Å². The van der Waals surface area contributed by atoms with E-state index < -0.39 is 4.92 Å². The minimum atomic E-state index is -0.450. The molecule has 2 aromatic rings. The number of non-ortho nitro benzene ring substituents is 1. The molecule has 0 radical (unpaired) electrons. The molecular formula is C13H14N4O3. The average Bonchev–Trinajstić information content (AvgIpc) is 3.02. The maximum absolute atomic E-state index is 10.8. The Morgan fingerprint density at radius 1 is 1.45 bits per heavy atom. The van der Waals surface area contributed by atoms with E-state index in [4.69, 9.17) is 10.5 Å². The molecule has 0 amide bonds. The third-order valence-electron chi connectivity index (χ3n) is 3.56. The van der Waals surface area contributed by atoms with E-state index in [0.29, 0.717) is 17.3 Å². The molecule has 0 saturated carbocycles. The Hall–Kier alpha value is -2.57. The van der Waals surface area contributed by atoms with Gasteiger partial charge < -0.3 is 10.5 Å². The van der Waals surface area contributed by atoms with Gasteiger partial charge in [-0.1, -0.05) is 0 Å². The van der Waals surface area contributed by atoms with Gasteiger partial charge in [-0.15, -0.1) is 0 Å². The molecule has 1 aromatic heterocycles. The molecule has 3 rings (SSSR count). The summed E-state index contributed by atoms with van der Waals surface area (Å²) in [5.74, 6) is 0.939. The Morgan fingerprint density at radius 3 is 2.95 bits per heavy atom. The van der Waals surface area contributed by atoms with Crippen LogP contribution in [0.4, 0.5) is 11.5 Å². The summed E-state index contributed by atoms with van der Waals surface area (Å²) < 4.78 is 6.99. The number of nitro benzene ring substituents is 1. The van der Waals surface area contributed by atoms with Gasteiger partial charge in [0.2, 0.25) is 0 Å². The number of fused-ring (bicyclic) bond motifs is 1. The number of aromatic nitrogens is 2. The minimum Gasteiger partial charge on any atom is -0.494 e. The van der Waals surface area contributed by atoms with Gasteiger partial charge in [-0.2, -0.15) is 5.10 Å². The number of nitrogens with zero attached hydrogens (tertiary/aromatic N) is 3. The highest BCUT2D eigenvalue weighted by molar-refractivity contribution is 5.56. The number of hydrogen-bond acceptors (Lipinski definition) is 5. The summed E-state index contributed by atoms with van der Waals surface area (Å²) >= 11 is 0. The van der Waals surface area contributed by atoms with E-state index in [1.807, 2.05) is 0 Å². The first-order chi connectivity index (χ1) is 9.61. The third kappa shape index (κ3) is 1.78. The fourth-order valence-electron chi connectivity index (χ4n) is 2.62. The number of anilines is 1. The smallest absolute Gasteiger partial charge is 0.273 e. The number of methoxy groups -OCH3 is 1. The average molecular weight is 274 g/mol. The second-order valence-electron chi connectivity index (χ2n) is 4.69. The highest BCUT2D eigenvalue weighted by atomic mass is 16.6. The summed E-state index contributed by atoms with van der Waals surface area (Å²) in [5, 5.41) is 15.1. The lowest BCUT2D eigenvalue weighted by molar-refractivity contribution is -0.384. The second kappa shape index (κ2) is 4.52. The van der Waals surface area contributed by atoms with Gasteiger partial charge in [0.25, 0.3) is 5.69 Å². The lowest BCUT2D eigenvalue weighted by Gasteiger charge is -2.10. The van der Waals surface area contributed by atoms with Crippen LogP contribution in [0.25, 0.3) is 5.69 Å². The maximum atomic E-state index is 10.8. The van der Waals surface area contributed by atoms with Crippen molar-refractivity contribution < 1.29 is 9.66 Å². The lowest BCUT2D eigenvalue weighted by Crippen LogP contribution is -2.04. The molecule has 2 N–H and O–H groups in total. The zero-order valence-electron chi connectivity index (χ0n) is 11.0. The summed E-state index contributed by atoms with van der Waals surface area (Å²) in [6.45, 7) is 0. The molecule has 1 aliphatic carbocycles. The first-order valence-corrected chi connectivity index (χ1v) is 6.31. The van der Waals surface area contributed by atoms with E-state index in [2.05, 4.69) is 5.10 Å². The molecule has 0 aliphatic heterocycles. The third-order valence-corrected chi connectivity index (χ3v) is 3.56. The molecule has 0 unspecified atom stereocenters. The van der Waals surface area contributed by atoms with E-state index in [1.165, 1.54) is 19.2 Å². The Kier molecular flexibility index (Phi) is 2.81. The van der Waals surface area contributed by atoms with Gasteiger partial charge >= 0.3 is 0 Å². The molecule has 1 aromatic carbocycles. The van der Waals surface area contributed by atoms with Crippen molar-refractivity contribution in [2.45, 2.75) is 19.3 Å². The van der Waals surface area contributed by atoms with Crippen LogP contribution in [0, 0.1) is 10.1 Å². The van der Waals surface area contributed by atoms with Crippen molar-refractivity contribution in [3.8, 4) is 11.4 Å². The molecule has 0 spiro atoms. The molecule has 1 aliphatic rings. The summed E-state index contributed by atoms with van der Waals surface area (Å²) in [4.78, 5) is 10.4. The number of nitrogen functional groups attached to an aromatic ring is 1. The van der Waals surface area contributed by atoms with E-state index in [1.54, 1.807) is 10.7 Å². The van der Waals surface area contributed by atoms with E-state index in [9.17, 15) is 10.1 Å². The first kappa shape index (κ1) is 12.5. The lowest BCUT2D eigenvalue weighted by atomic mass is 10.2. The number of hydrogen-bond donors (Lipinski definition) is 1. The van der Waals surface area contributed by atoms with Crippen LogP contribution in [0.1, 0.15) is 17.7 Å². The zero-order chi connectivity index (χ0) is 14.3. The normalized spacial score (nSPS) is 13.2. The minimum absolute atomic E-state index is 0.0117. The van der Waals surface area contributed by atoms with Crippen molar-refractivity contribution in [1.82, 2.24) is 9.78 Å². The Bertz CT molecular complexity index is 693. The monoisotopic (exact) mass is 274 g/mol. The number of nitrogens with two attached hydrogens (primary N) is 1. The Balaban J connectivity index is 2.15. The second-order valence-corrected chi connectivity index (χ2v) is 4.69. The van der Waals surface area contributed by atoms with Crippen molar-refractivity contribution in [3.63, 3.8) is 0 Å². The van der Waals surface area contributed by atoms with Gasteiger partial charge in [0, 0.05) is 17.3 Å². The van der Waals surface area contributed by atoms with Gasteiger partial charge in [0.1, 0.15) is 11.5 Å². The van der Waals surface area contributed by atoms with Gasteiger partial charge in [-0.25, -0.2) is 4.68 Å². The topological polar surface area (TPSA) is 96.2 Å². The van der Waals surface area contributed by atoms with Crippen LogP contribution >= 0.6 is 0 Å². The highest BCUT2D eigenvalue weighted by Crippen LogP contribution is 2.33. The zero-order valence-corrected chi connectivity index (χ0v) is 11.0. The largest absolute Gasteiger partial charge is 0.494 e. The van der Waals surface area contributed by atoms with Crippen LogP contribution in [-0.4, -0.2) is 21.8 Å². The summed E-state index contributed by atoms with van der Waals surface area (Å²) in [5.41, 5.74) is 8.72. The van der Waals surface area contributed by atoms with Crippen LogP contribution in [0.2, 0.25) is 0 Å². The van der Waals surface area contributed by atoms with Crippen molar-refractivity contribution in [2.75, 3.05) is 12.8 Å². The number of rotatable bonds is 3. The van der Waals surface area contributed by atoms with Crippen molar-refractivity contribution in [3.05, 3.63) is 39.6 Å². The predicted molar refractivity (Wildman–Crippen MR) is 73.2 cm³/mol. The molecule has 104 valence electrons. The van der Waals surface area contributed by atoms with Crippen LogP contribution in [0.3, 0.4) is 0 Å². The molecule has 0 bridgehead atoms. The number of ether oxygens (including phenoxy) is 1. The molecular weight excluding hydrogens is 260 g/mol. The molecule has 20 heavy (non-hydrogen) atoms. The van der Waals surface area contributed by atoms with Gasteiger partial charge in [-0.05, 0) is 25.3 Å². The predicted octanol–water partition coefficient (Wildman–Crippen LogP) is 1.86. The van der Waals surface area contributed by atoms with Crippen molar-refractivity contribution in [2.24, 2.45) is 0 Å². The molecule has 1 heterocycles. The van der Waals surface area contributed by atoms with Crippen LogP contribution < -0.4 is 10.5 Å². The van der Waals surface area contributed by atoms with Gasteiger partial charge in [-0.3, -0.25) is 10.1 Å². The summed E-state index contributed by atoms with van der Waals surface area (Å²) in [6, 6.07) is 4.48. The Labute approximate surface area is 115 Å². The van der Waals surface area contributed by atoms with E-state index in [0.717, 1.165) is 30.5 Å². The molecule has 0 atom stereocenters. The van der Waals surface area contributed by atoms with E-state index >= 15 is 0 Å². The van der Waals surface area contributed by atoms with Crippen molar-refractivity contribution in [1.29, 1.82) is 0 Å². The maximum Gasteiger partial charge on any atom is 0.273 e. The molecule has 0 saturated heterocycles. The molecule has 0 fully saturated rings. The summed E-state index contributed by atoms with van der Waals surface area (Å²) in [7, 11) is 1.48. The van der Waals surface area contributed by atoms with Gasteiger partial charge in [0.15, 0.2) is 5.75 Å². The number of benzene rings is 1. The van der Waals surface area contributed by atoms with Crippen molar-refractivity contribution >= 4 is 11.5 Å². The van der Waals surface area contributed by atoms with Gasteiger partial charge in [0.05, 0.1) is 18.1 Å². The molecule has 7 heteroatoms. The first-order valence-electron chi connectivity index (χ1n) is 6.31. The van der Waals surface area contributed by atoms with E-state index in [-0.39, 0.29) is 5.69 Å². The standard InChI is InChI=1S/C13H14N4O3/c1-20-12-7-8(17(18)19)5-6-11(12)16-10-4-2-3-9(10)13(14)15-16/h5-7H,2-4H2,1H3,(H2,14,15). The van der Waals surface area contributed by atoms with Crippen LogP contribution in [0.5, 0.6) is 5.75 Å². The summed E-state index contributed by atoms with van der Waals surface area (Å²) in [6.07, 6.45) is 2.88. The fraction of sp³-hybridized carbons (Fsp3) is 0.308. The van der Waals surface area contributed by atoms with Crippen LogP contribution in [-0.2, 0) is 12.8 Å².